The van der Waals surface area contributed by atoms with E-state index in [-0.39, 0.29) is 17.7 Å². The van der Waals surface area contributed by atoms with Crippen LogP contribution in [0.25, 0.3) is 11.1 Å². The number of hydroxylamine groups is 1. The normalized spacial score (nSPS) is 17.7. The summed E-state index contributed by atoms with van der Waals surface area (Å²) in [4.78, 5) is 41.3. The van der Waals surface area contributed by atoms with Crippen LogP contribution in [0.15, 0.2) is 54.6 Å². The SMILES string of the molecule is CCCC(C(=O)NO)C(CC(C)C)C(=O)NC1CCCCN(Cc2cccc(-c3ccccc3)c2)C1=O. The number of nitrogens with zero attached hydrogens (tertiary/aromatic N) is 1. The van der Waals surface area contributed by atoms with Crippen LogP contribution in [0, 0.1) is 17.8 Å². The van der Waals surface area contributed by atoms with E-state index in [2.05, 4.69) is 29.6 Å². The highest BCUT2D eigenvalue weighted by molar-refractivity contribution is 5.91. The summed E-state index contributed by atoms with van der Waals surface area (Å²) in [6, 6.07) is 17.7. The van der Waals surface area contributed by atoms with Crippen LogP contribution in [0.3, 0.4) is 0 Å². The molecule has 0 aliphatic carbocycles. The second-order valence-corrected chi connectivity index (χ2v) is 10.5. The molecule has 0 saturated carbocycles. The van der Waals surface area contributed by atoms with Crippen molar-refractivity contribution < 1.29 is 19.6 Å². The lowest BCUT2D eigenvalue weighted by Gasteiger charge is -2.29. The third kappa shape index (κ3) is 7.89. The Morgan fingerprint density at radius 1 is 1.00 bits per heavy atom. The van der Waals surface area contributed by atoms with Crippen molar-refractivity contribution in [3.63, 3.8) is 0 Å². The molecule has 3 N–H and O–H groups in total. The molecular formula is C30H41N3O4. The molecule has 0 spiro atoms. The molecule has 3 rings (SSSR count). The minimum absolute atomic E-state index is 0.0853. The van der Waals surface area contributed by atoms with Crippen molar-refractivity contribution in [1.82, 2.24) is 15.7 Å². The van der Waals surface area contributed by atoms with Crippen LogP contribution in [0.4, 0.5) is 0 Å². The summed E-state index contributed by atoms with van der Waals surface area (Å²) < 4.78 is 0. The Balaban J connectivity index is 1.75. The number of likely N-dealkylation sites (tertiary alicyclic amines) is 1. The molecule has 3 amide bonds. The van der Waals surface area contributed by atoms with Gasteiger partial charge in [-0.2, -0.15) is 0 Å². The Morgan fingerprint density at radius 3 is 2.41 bits per heavy atom. The van der Waals surface area contributed by atoms with Gasteiger partial charge in [-0.15, -0.1) is 0 Å². The molecule has 1 heterocycles. The van der Waals surface area contributed by atoms with Crippen molar-refractivity contribution in [2.45, 2.75) is 71.9 Å². The van der Waals surface area contributed by atoms with Gasteiger partial charge in [-0.1, -0.05) is 75.7 Å². The van der Waals surface area contributed by atoms with E-state index in [0.29, 0.717) is 38.8 Å². The highest BCUT2D eigenvalue weighted by Gasteiger charge is 2.36. The van der Waals surface area contributed by atoms with Gasteiger partial charge >= 0.3 is 0 Å². The monoisotopic (exact) mass is 507 g/mol. The van der Waals surface area contributed by atoms with Gasteiger partial charge in [0.15, 0.2) is 0 Å². The molecule has 1 aliphatic heterocycles. The van der Waals surface area contributed by atoms with E-state index in [1.54, 1.807) is 5.48 Å². The molecule has 3 unspecified atom stereocenters. The first-order valence-corrected chi connectivity index (χ1v) is 13.5. The number of amides is 3. The zero-order chi connectivity index (χ0) is 26.8. The second kappa shape index (κ2) is 13.9. The third-order valence-electron chi connectivity index (χ3n) is 7.10. The summed E-state index contributed by atoms with van der Waals surface area (Å²) in [5, 5.41) is 12.3. The molecule has 2 aromatic carbocycles. The minimum Gasteiger partial charge on any atom is -0.344 e. The van der Waals surface area contributed by atoms with Crippen LogP contribution in [0.5, 0.6) is 0 Å². The average molecular weight is 508 g/mol. The van der Waals surface area contributed by atoms with Gasteiger partial charge in [0.05, 0.1) is 5.92 Å². The fourth-order valence-electron chi connectivity index (χ4n) is 5.25. The molecule has 1 saturated heterocycles. The third-order valence-corrected chi connectivity index (χ3v) is 7.10. The Morgan fingerprint density at radius 2 is 1.73 bits per heavy atom. The first kappa shape index (κ1) is 28.4. The number of nitrogens with one attached hydrogen (secondary N) is 2. The maximum absolute atomic E-state index is 13.6. The van der Waals surface area contributed by atoms with Crippen LogP contribution >= 0.6 is 0 Å². The van der Waals surface area contributed by atoms with E-state index in [1.165, 1.54) is 0 Å². The Hall–Kier alpha value is -3.19. The largest absolute Gasteiger partial charge is 0.344 e. The van der Waals surface area contributed by atoms with Gasteiger partial charge in [-0.05, 0) is 60.8 Å². The minimum atomic E-state index is -0.643. The molecule has 0 radical (unpaired) electrons. The number of rotatable bonds is 11. The van der Waals surface area contributed by atoms with Crippen molar-refractivity contribution in [1.29, 1.82) is 0 Å². The lowest BCUT2D eigenvalue weighted by atomic mass is 9.81. The van der Waals surface area contributed by atoms with Gasteiger partial charge in [-0.3, -0.25) is 19.6 Å². The number of hydrogen-bond acceptors (Lipinski definition) is 4. The van der Waals surface area contributed by atoms with E-state index in [0.717, 1.165) is 29.5 Å². The molecule has 1 fully saturated rings. The lowest BCUT2D eigenvalue weighted by molar-refractivity contribution is -0.143. The molecule has 1 aliphatic rings. The van der Waals surface area contributed by atoms with Crippen molar-refractivity contribution in [2.75, 3.05) is 6.54 Å². The van der Waals surface area contributed by atoms with Crippen LogP contribution in [-0.4, -0.2) is 40.4 Å². The number of carbonyl (C=O) groups is 3. The average Bonchev–Trinajstić information content (AvgIpc) is 3.07. The van der Waals surface area contributed by atoms with Gasteiger partial charge in [0, 0.05) is 19.0 Å². The smallest absolute Gasteiger partial charge is 0.247 e. The maximum atomic E-state index is 13.6. The summed E-state index contributed by atoms with van der Waals surface area (Å²) in [6.45, 7) is 7.07. The van der Waals surface area contributed by atoms with E-state index < -0.39 is 23.8 Å². The summed E-state index contributed by atoms with van der Waals surface area (Å²) in [6.07, 6.45) is 3.97. The van der Waals surface area contributed by atoms with Crippen LogP contribution in [0.1, 0.15) is 64.9 Å². The second-order valence-electron chi connectivity index (χ2n) is 10.5. The molecule has 3 atom stereocenters. The summed E-state index contributed by atoms with van der Waals surface area (Å²) >= 11 is 0. The van der Waals surface area contributed by atoms with E-state index in [9.17, 15) is 19.6 Å². The van der Waals surface area contributed by atoms with E-state index in [1.807, 2.05) is 56.0 Å². The topological polar surface area (TPSA) is 98.7 Å². The standard InChI is InChI=1S/C30H41N3O4/c1-4-11-25(29(35)32-37)26(18-21(2)3)28(34)31-27-16-8-9-17-33(30(27)36)20-22-12-10-15-24(19-22)23-13-6-5-7-14-23/h5-7,10,12-15,19,21,25-27,37H,4,8-9,11,16-18,20H2,1-3H3,(H,31,34)(H,32,35). The van der Waals surface area contributed by atoms with Crippen molar-refractivity contribution in [3.8, 4) is 11.1 Å². The fraction of sp³-hybridized carbons (Fsp3) is 0.500. The number of benzene rings is 2. The molecule has 0 bridgehead atoms. The lowest BCUT2D eigenvalue weighted by Crippen LogP contribution is -2.51. The van der Waals surface area contributed by atoms with Gasteiger partial charge < -0.3 is 10.2 Å². The van der Waals surface area contributed by atoms with E-state index in [4.69, 9.17) is 0 Å². The van der Waals surface area contributed by atoms with Gasteiger partial charge in [0.2, 0.25) is 17.7 Å². The zero-order valence-electron chi connectivity index (χ0n) is 22.3. The molecule has 0 aromatic heterocycles. The molecule has 7 nitrogen and oxygen atoms in total. The van der Waals surface area contributed by atoms with Crippen molar-refractivity contribution in [2.24, 2.45) is 17.8 Å². The molecule has 7 heteroatoms. The molecule has 200 valence electrons. The first-order chi connectivity index (χ1) is 17.8. The van der Waals surface area contributed by atoms with Gasteiger partial charge in [0.25, 0.3) is 0 Å². The molecule has 37 heavy (non-hydrogen) atoms. The fourth-order valence-corrected chi connectivity index (χ4v) is 5.25. The van der Waals surface area contributed by atoms with Crippen molar-refractivity contribution in [3.05, 3.63) is 60.2 Å². The predicted molar refractivity (Wildman–Crippen MR) is 144 cm³/mol. The zero-order valence-corrected chi connectivity index (χ0v) is 22.3. The first-order valence-electron chi connectivity index (χ1n) is 13.5. The maximum Gasteiger partial charge on any atom is 0.247 e. The highest BCUT2D eigenvalue weighted by Crippen LogP contribution is 2.27. The van der Waals surface area contributed by atoms with Crippen molar-refractivity contribution >= 4 is 17.7 Å². The Labute approximate surface area is 220 Å². The number of carbonyl (C=O) groups excluding carboxylic acids is 3. The predicted octanol–water partition coefficient (Wildman–Crippen LogP) is 4.93. The molecule has 2 aromatic rings. The highest BCUT2D eigenvalue weighted by atomic mass is 16.5. The van der Waals surface area contributed by atoms with Crippen LogP contribution in [-0.2, 0) is 20.9 Å². The van der Waals surface area contributed by atoms with Gasteiger partial charge in [0.1, 0.15) is 6.04 Å². The van der Waals surface area contributed by atoms with E-state index >= 15 is 0 Å². The Kier molecular flexibility index (Phi) is 10.7. The number of hydrogen-bond donors (Lipinski definition) is 3. The Bertz CT molecular complexity index is 1040. The molecular weight excluding hydrogens is 466 g/mol. The van der Waals surface area contributed by atoms with Gasteiger partial charge in [-0.25, -0.2) is 5.48 Å². The quantitative estimate of drug-likeness (QED) is 0.297. The van der Waals surface area contributed by atoms with Crippen LogP contribution in [0.2, 0.25) is 0 Å². The summed E-state index contributed by atoms with van der Waals surface area (Å²) in [5.41, 5.74) is 5.01. The van der Waals surface area contributed by atoms with Crippen LogP contribution < -0.4 is 10.8 Å². The summed E-state index contributed by atoms with van der Waals surface area (Å²) in [5.74, 6) is -2.00. The summed E-state index contributed by atoms with van der Waals surface area (Å²) in [7, 11) is 0.